The van der Waals surface area contributed by atoms with Crippen molar-refractivity contribution in [2.45, 2.75) is 26.7 Å². The van der Waals surface area contributed by atoms with Gasteiger partial charge in [-0.3, -0.25) is 19.7 Å². The number of hydrogen-bond donors (Lipinski definition) is 1. The number of para-hydroxylation sites is 1. The highest BCUT2D eigenvalue weighted by Crippen LogP contribution is 2.36. The lowest BCUT2D eigenvalue weighted by Gasteiger charge is -2.37. The van der Waals surface area contributed by atoms with Crippen molar-refractivity contribution in [3.63, 3.8) is 0 Å². The number of anilines is 3. The van der Waals surface area contributed by atoms with Gasteiger partial charge in [-0.1, -0.05) is 42.3 Å². The van der Waals surface area contributed by atoms with Crippen LogP contribution in [0.15, 0.2) is 60.7 Å². The molecular weight excluding hydrogens is 542 g/mol. The fraction of sp³-hybridized carbons (Fsp3) is 0.355. The third-order valence-electron chi connectivity index (χ3n) is 7.98. The zero-order valence-electron chi connectivity index (χ0n) is 23.3. The van der Waals surface area contributed by atoms with Gasteiger partial charge < -0.3 is 20.0 Å². The van der Waals surface area contributed by atoms with Gasteiger partial charge in [0, 0.05) is 56.5 Å². The Kier molecular flexibility index (Phi) is 8.44. The maximum atomic E-state index is 13.3. The molecule has 0 unspecified atom stereocenters. The number of benzene rings is 3. The summed E-state index contributed by atoms with van der Waals surface area (Å²) in [6, 6.07) is 17.5. The number of nitro groups is 1. The molecule has 9 nitrogen and oxygen atoms in total. The summed E-state index contributed by atoms with van der Waals surface area (Å²) in [7, 11) is 0. The van der Waals surface area contributed by atoms with Crippen molar-refractivity contribution in [3.05, 3.63) is 92.5 Å². The topological polar surface area (TPSA) is 99.0 Å². The zero-order valence-corrected chi connectivity index (χ0v) is 24.1. The number of aryl methyl sites for hydroxylation is 1. The Morgan fingerprint density at radius 1 is 0.902 bits per heavy atom. The van der Waals surface area contributed by atoms with Gasteiger partial charge in [0.25, 0.3) is 17.5 Å². The van der Waals surface area contributed by atoms with Crippen LogP contribution in [0.1, 0.15) is 46.0 Å². The van der Waals surface area contributed by atoms with Crippen molar-refractivity contribution < 1.29 is 14.5 Å². The summed E-state index contributed by atoms with van der Waals surface area (Å²) in [6.45, 7) is 7.78. The number of piperidine rings is 1. The number of rotatable bonds is 6. The molecule has 41 heavy (non-hydrogen) atoms. The maximum Gasteiger partial charge on any atom is 0.293 e. The van der Waals surface area contributed by atoms with E-state index in [4.69, 9.17) is 11.6 Å². The fourth-order valence-electron chi connectivity index (χ4n) is 5.47. The quantitative estimate of drug-likeness (QED) is 0.285. The van der Waals surface area contributed by atoms with Gasteiger partial charge in [-0.05, 0) is 62.1 Å². The van der Waals surface area contributed by atoms with E-state index in [1.807, 2.05) is 41.0 Å². The molecule has 2 heterocycles. The van der Waals surface area contributed by atoms with Gasteiger partial charge in [-0.15, -0.1) is 0 Å². The molecule has 2 aliphatic heterocycles. The van der Waals surface area contributed by atoms with Crippen LogP contribution in [0.4, 0.5) is 22.7 Å². The molecule has 0 aliphatic carbocycles. The number of carbonyl (C=O) groups excluding carboxylic acids is 2. The first-order valence-corrected chi connectivity index (χ1v) is 14.3. The highest BCUT2D eigenvalue weighted by Gasteiger charge is 2.27. The molecule has 0 radical (unpaired) electrons. The molecule has 0 aromatic heterocycles. The van der Waals surface area contributed by atoms with Crippen molar-refractivity contribution in [2.75, 3.05) is 54.4 Å². The molecular formula is C31H34ClN5O4. The molecule has 0 atom stereocenters. The predicted octanol–water partition coefficient (Wildman–Crippen LogP) is 6.01. The maximum absolute atomic E-state index is 13.3. The van der Waals surface area contributed by atoms with E-state index in [2.05, 4.69) is 17.1 Å². The summed E-state index contributed by atoms with van der Waals surface area (Å²) >= 11 is 6.62. The molecule has 5 rings (SSSR count). The fourth-order valence-corrected chi connectivity index (χ4v) is 5.77. The largest absolute Gasteiger partial charge is 0.366 e. The van der Waals surface area contributed by atoms with Gasteiger partial charge in [0.2, 0.25) is 0 Å². The third kappa shape index (κ3) is 6.30. The first-order valence-electron chi connectivity index (χ1n) is 14.0. The number of nitro benzene ring substituents is 1. The number of piperazine rings is 1. The van der Waals surface area contributed by atoms with Crippen LogP contribution in [0.2, 0.25) is 5.02 Å². The molecule has 10 heteroatoms. The van der Waals surface area contributed by atoms with Crippen molar-refractivity contribution >= 4 is 46.2 Å². The van der Waals surface area contributed by atoms with E-state index in [1.165, 1.54) is 6.07 Å². The second-order valence-electron chi connectivity index (χ2n) is 10.9. The van der Waals surface area contributed by atoms with E-state index in [0.29, 0.717) is 59.7 Å². The van der Waals surface area contributed by atoms with Gasteiger partial charge in [0.05, 0.1) is 21.3 Å². The normalized spacial score (nSPS) is 16.0. The molecule has 2 amide bonds. The summed E-state index contributed by atoms with van der Waals surface area (Å²) in [5.74, 6) is 0.129. The van der Waals surface area contributed by atoms with Crippen LogP contribution >= 0.6 is 11.6 Å². The summed E-state index contributed by atoms with van der Waals surface area (Å²) in [5.41, 5.74) is 3.60. The van der Waals surface area contributed by atoms with Crippen LogP contribution in [-0.2, 0) is 0 Å². The molecule has 0 spiro atoms. The summed E-state index contributed by atoms with van der Waals surface area (Å²) in [6.07, 6.45) is 1.95. The Morgan fingerprint density at radius 3 is 2.22 bits per heavy atom. The number of nitrogens with one attached hydrogen (secondary N) is 1. The van der Waals surface area contributed by atoms with Crippen LogP contribution in [0.25, 0.3) is 0 Å². The third-order valence-corrected chi connectivity index (χ3v) is 8.28. The molecule has 2 aliphatic rings. The van der Waals surface area contributed by atoms with Crippen LogP contribution in [-0.4, -0.2) is 60.9 Å². The first-order chi connectivity index (χ1) is 19.7. The second-order valence-corrected chi connectivity index (χ2v) is 11.3. The van der Waals surface area contributed by atoms with Gasteiger partial charge in [0.1, 0.15) is 5.69 Å². The average Bonchev–Trinajstić information content (AvgIpc) is 2.97. The highest BCUT2D eigenvalue weighted by molar-refractivity contribution is 6.34. The van der Waals surface area contributed by atoms with E-state index < -0.39 is 10.8 Å². The Morgan fingerprint density at radius 2 is 1.56 bits per heavy atom. The average molecular weight is 576 g/mol. The molecule has 2 saturated heterocycles. The van der Waals surface area contributed by atoms with Gasteiger partial charge in [-0.25, -0.2) is 0 Å². The number of halogens is 1. The van der Waals surface area contributed by atoms with E-state index in [-0.39, 0.29) is 17.2 Å². The molecule has 214 valence electrons. The van der Waals surface area contributed by atoms with Crippen LogP contribution < -0.4 is 15.1 Å². The molecule has 3 aromatic carbocycles. The van der Waals surface area contributed by atoms with E-state index >= 15 is 0 Å². The van der Waals surface area contributed by atoms with E-state index in [1.54, 1.807) is 30.3 Å². The van der Waals surface area contributed by atoms with Crippen LogP contribution in [0, 0.1) is 23.0 Å². The van der Waals surface area contributed by atoms with E-state index in [9.17, 15) is 19.7 Å². The number of carbonyl (C=O) groups is 2. The SMILES string of the molecule is Cc1ccc(C(=O)N2CCN(c3c(Cl)cccc3NC(=O)c3ccc(N4CCC(C)CC4)c([N+](=O)[O-])c3)CC2)cc1. The molecule has 0 bridgehead atoms. The van der Waals surface area contributed by atoms with Crippen molar-refractivity contribution in [2.24, 2.45) is 5.92 Å². The summed E-state index contributed by atoms with van der Waals surface area (Å²) in [4.78, 5) is 43.7. The molecule has 0 saturated carbocycles. The number of nitrogens with zero attached hydrogens (tertiary/aromatic N) is 4. The Bertz CT molecular complexity index is 1450. The number of hydrogen-bond acceptors (Lipinski definition) is 6. The van der Waals surface area contributed by atoms with Crippen molar-refractivity contribution in [3.8, 4) is 0 Å². The lowest BCUT2D eigenvalue weighted by Crippen LogP contribution is -2.49. The van der Waals surface area contributed by atoms with Crippen molar-refractivity contribution in [1.29, 1.82) is 0 Å². The first kappa shape index (κ1) is 28.4. The molecule has 1 N–H and O–H groups in total. The summed E-state index contributed by atoms with van der Waals surface area (Å²) in [5, 5.41) is 15.3. The summed E-state index contributed by atoms with van der Waals surface area (Å²) < 4.78 is 0. The van der Waals surface area contributed by atoms with Crippen LogP contribution in [0.3, 0.4) is 0 Å². The molecule has 3 aromatic rings. The minimum absolute atomic E-state index is 0.0126. The number of amides is 2. The Balaban J connectivity index is 1.31. The van der Waals surface area contributed by atoms with Crippen LogP contribution in [0.5, 0.6) is 0 Å². The second kappa shape index (κ2) is 12.2. The predicted molar refractivity (Wildman–Crippen MR) is 162 cm³/mol. The lowest BCUT2D eigenvalue weighted by atomic mass is 9.98. The smallest absolute Gasteiger partial charge is 0.293 e. The lowest BCUT2D eigenvalue weighted by molar-refractivity contribution is -0.384. The van der Waals surface area contributed by atoms with Gasteiger partial charge in [0.15, 0.2) is 0 Å². The Labute approximate surface area is 244 Å². The van der Waals surface area contributed by atoms with Gasteiger partial charge in [-0.2, -0.15) is 0 Å². The standard InChI is InChI=1S/C31H34ClN5O4/c1-21-6-8-23(9-7-21)31(39)36-18-16-35(17-19-36)29-25(32)4-3-5-26(29)33-30(38)24-10-11-27(28(20-24)37(40)41)34-14-12-22(2)13-15-34/h3-11,20,22H,12-19H2,1-2H3,(H,33,38). The van der Waals surface area contributed by atoms with Crippen molar-refractivity contribution in [1.82, 2.24) is 4.90 Å². The minimum Gasteiger partial charge on any atom is -0.366 e. The zero-order chi connectivity index (χ0) is 29.1. The minimum atomic E-state index is -0.455. The monoisotopic (exact) mass is 575 g/mol. The Hall–Kier alpha value is -4.11. The molecule has 2 fully saturated rings. The highest BCUT2D eigenvalue weighted by atomic mass is 35.5. The van der Waals surface area contributed by atoms with E-state index in [0.717, 1.165) is 31.5 Å². The van der Waals surface area contributed by atoms with Gasteiger partial charge >= 0.3 is 0 Å².